The first-order valence-electron chi connectivity index (χ1n) is 8.60. The molecule has 1 aromatic carbocycles. The fourth-order valence-electron chi connectivity index (χ4n) is 2.99. The third-order valence-electron chi connectivity index (χ3n) is 4.18. The number of aryl methyl sites for hydroxylation is 1. The zero-order valence-corrected chi connectivity index (χ0v) is 14.3. The lowest BCUT2D eigenvalue weighted by Crippen LogP contribution is -2.38. The molecule has 5 heteroatoms. The van der Waals surface area contributed by atoms with E-state index in [0.717, 1.165) is 50.5 Å². The van der Waals surface area contributed by atoms with Crippen LogP contribution >= 0.6 is 0 Å². The van der Waals surface area contributed by atoms with E-state index in [1.807, 2.05) is 13.0 Å². The van der Waals surface area contributed by atoms with Crippen molar-refractivity contribution in [3.05, 3.63) is 28.8 Å². The zero-order chi connectivity index (χ0) is 16.5. The Morgan fingerprint density at radius 3 is 2.87 bits per heavy atom. The molecular formula is C18H29N3O2. The molecule has 0 aliphatic heterocycles. The minimum Gasteiger partial charge on any atom is -0.508 e. The van der Waals surface area contributed by atoms with E-state index in [4.69, 9.17) is 4.74 Å². The van der Waals surface area contributed by atoms with Gasteiger partial charge in [-0.25, -0.2) is 4.99 Å². The molecule has 0 radical (unpaired) electrons. The number of fused-ring (bicyclic) bond motifs is 1. The van der Waals surface area contributed by atoms with Crippen LogP contribution in [0.3, 0.4) is 0 Å². The van der Waals surface area contributed by atoms with Crippen molar-refractivity contribution in [2.45, 2.75) is 45.6 Å². The molecule has 0 saturated carbocycles. The topological polar surface area (TPSA) is 65.9 Å². The summed E-state index contributed by atoms with van der Waals surface area (Å²) in [5, 5.41) is 16.8. The van der Waals surface area contributed by atoms with Gasteiger partial charge in [-0.1, -0.05) is 6.07 Å². The highest BCUT2D eigenvalue weighted by atomic mass is 16.5. The van der Waals surface area contributed by atoms with Crippen LogP contribution in [0.1, 0.15) is 42.9 Å². The number of nitrogens with one attached hydrogen (secondary N) is 2. The number of phenols is 1. The molecule has 23 heavy (non-hydrogen) atoms. The van der Waals surface area contributed by atoms with Gasteiger partial charge < -0.3 is 20.5 Å². The number of hydrogen-bond acceptors (Lipinski definition) is 3. The summed E-state index contributed by atoms with van der Waals surface area (Å²) < 4.78 is 5.06. The molecular weight excluding hydrogens is 290 g/mol. The third kappa shape index (κ3) is 5.13. The molecule has 1 aliphatic carbocycles. The summed E-state index contributed by atoms with van der Waals surface area (Å²) in [6.45, 7) is 4.93. The normalized spacial score (nSPS) is 14.4. The van der Waals surface area contributed by atoms with Gasteiger partial charge >= 0.3 is 0 Å². The first kappa shape index (κ1) is 17.6. The molecule has 5 nitrogen and oxygen atoms in total. The molecule has 1 aliphatic rings. The molecule has 2 rings (SSSR count). The lowest BCUT2D eigenvalue weighted by Gasteiger charge is -2.20. The van der Waals surface area contributed by atoms with Crippen LogP contribution in [0.4, 0.5) is 0 Å². The van der Waals surface area contributed by atoms with Crippen LogP contribution in [0.15, 0.2) is 17.1 Å². The zero-order valence-electron chi connectivity index (χ0n) is 14.3. The van der Waals surface area contributed by atoms with E-state index in [0.29, 0.717) is 12.3 Å². The Bertz CT molecular complexity index is 529. The fraction of sp³-hybridized carbons (Fsp3) is 0.611. The molecule has 0 aromatic heterocycles. The second-order valence-corrected chi connectivity index (χ2v) is 5.88. The van der Waals surface area contributed by atoms with E-state index in [-0.39, 0.29) is 0 Å². The Balaban J connectivity index is 2.06. The van der Waals surface area contributed by atoms with Crippen molar-refractivity contribution in [1.82, 2.24) is 10.6 Å². The van der Waals surface area contributed by atoms with Gasteiger partial charge in [0.05, 0.1) is 6.54 Å². The Kier molecular flexibility index (Phi) is 7.20. The number of phenolic OH excluding ortho intramolecular Hbond substituents is 1. The van der Waals surface area contributed by atoms with Crippen LogP contribution in [-0.2, 0) is 24.1 Å². The van der Waals surface area contributed by atoms with Crippen LogP contribution in [0.25, 0.3) is 0 Å². The second kappa shape index (κ2) is 9.40. The summed E-state index contributed by atoms with van der Waals surface area (Å²) in [7, 11) is 1.71. The van der Waals surface area contributed by atoms with E-state index >= 15 is 0 Å². The third-order valence-corrected chi connectivity index (χ3v) is 4.18. The molecule has 0 amide bonds. The summed E-state index contributed by atoms with van der Waals surface area (Å²) in [6, 6.07) is 3.87. The lowest BCUT2D eigenvalue weighted by atomic mass is 9.88. The number of guanidine groups is 1. The SMILES string of the molecule is CCNC(=NCc1c(O)ccc2c1CCCC2)NCCCOC. The van der Waals surface area contributed by atoms with Crippen LogP contribution < -0.4 is 10.6 Å². The van der Waals surface area contributed by atoms with Crippen molar-refractivity contribution < 1.29 is 9.84 Å². The van der Waals surface area contributed by atoms with Gasteiger partial charge in [0.25, 0.3) is 0 Å². The lowest BCUT2D eigenvalue weighted by molar-refractivity contribution is 0.195. The van der Waals surface area contributed by atoms with E-state index in [1.54, 1.807) is 7.11 Å². The van der Waals surface area contributed by atoms with Gasteiger partial charge in [0, 0.05) is 32.4 Å². The number of nitrogens with zero attached hydrogens (tertiary/aromatic N) is 1. The van der Waals surface area contributed by atoms with E-state index in [9.17, 15) is 5.11 Å². The van der Waals surface area contributed by atoms with E-state index in [1.165, 1.54) is 24.0 Å². The molecule has 128 valence electrons. The number of methoxy groups -OCH3 is 1. The van der Waals surface area contributed by atoms with Crippen LogP contribution in [0.2, 0.25) is 0 Å². The first-order valence-corrected chi connectivity index (χ1v) is 8.60. The molecule has 0 unspecified atom stereocenters. The van der Waals surface area contributed by atoms with Crippen LogP contribution in [0, 0.1) is 0 Å². The number of benzene rings is 1. The highest BCUT2D eigenvalue weighted by Crippen LogP contribution is 2.30. The van der Waals surface area contributed by atoms with Crippen LogP contribution in [-0.4, -0.2) is 37.9 Å². The number of aromatic hydroxyl groups is 1. The van der Waals surface area contributed by atoms with Gasteiger partial charge in [0.2, 0.25) is 0 Å². The average molecular weight is 319 g/mol. The van der Waals surface area contributed by atoms with E-state index in [2.05, 4.69) is 21.7 Å². The van der Waals surface area contributed by atoms with Gasteiger partial charge in [0.1, 0.15) is 5.75 Å². The molecule has 0 bridgehead atoms. The smallest absolute Gasteiger partial charge is 0.191 e. The van der Waals surface area contributed by atoms with Gasteiger partial charge in [-0.2, -0.15) is 0 Å². The minimum atomic E-state index is 0.365. The van der Waals surface area contributed by atoms with Crippen molar-refractivity contribution in [3.63, 3.8) is 0 Å². The quantitative estimate of drug-likeness (QED) is 0.410. The minimum absolute atomic E-state index is 0.365. The number of hydrogen-bond donors (Lipinski definition) is 3. The summed E-state index contributed by atoms with van der Waals surface area (Å²) in [4.78, 5) is 4.64. The van der Waals surface area contributed by atoms with E-state index < -0.39 is 0 Å². The molecule has 0 heterocycles. The summed E-state index contributed by atoms with van der Waals surface area (Å²) in [5.74, 6) is 1.15. The maximum atomic E-state index is 10.2. The maximum absolute atomic E-state index is 10.2. The van der Waals surface area contributed by atoms with Gasteiger partial charge in [-0.15, -0.1) is 0 Å². The molecule has 0 spiro atoms. The average Bonchev–Trinajstić information content (AvgIpc) is 2.57. The number of aliphatic imine (C=N–C) groups is 1. The molecule has 0 atom stereocenters. The summed E-state index contributed by atoms with van der Waals surface area (Å²) in [6.07, 6.45) is 5.54. The highest BCUT2D eigenvalue weighted by molar-refractivity contribution is 5.79. The molecule has 1 aromatic rings. The highest BCUT2D eigenvalue weighted by Gasteiger charge is 2.16. The summed E-state index contributed by atoms with van der Waals surface area (Å²) in [5.41, 5.74) is 3.66. The van der Waals surface area contributed by atoms with Crippen molar-refractivity contribution in [2.24, 2.45) is 4.99 Å². The Hall–Kier alpha value is -1.75. The van der Waals surface area contributed by atoms with Crippen molar-refractivity contribution in [1.29, 1.82) is 0 Å². The number of rotatable bonds is 7. The standard InChI is InChI=1S/C18H29N3O2/c1-3-19-18(20-11-6-12-23-2)21-13-16-15-8-5-4-7-14(15)9-10-17(16)22/h9-10,22H,3-8,11-13H2,1-2H3,(H2,19,20,21). The largest absolute Gasteiger partial charge is 0.508 e. The second-order valence-electron chi connectivity index (χ2n) is 5.88. The Morgan fingerprint density at radius 1 is 1.26 bits per heavy atom. The monoisotopic (exact) mass is 319 g/mol. The Labute approximate surface area is 139 Å². The van der Waals surface area contributed by atoms with Crippen molar-refractivity contribution in [3.8, 4) is 5.75 Å². The van der Waals surface area contributed by atoms with Gasteiger partial charge in [-0.3, -0.25) is 0 Å². The molecule has 3 N–H and O–H groups in total. The summed E-state index contributed by atoms with van der Waals surface area (Å²) >= 11 is 0. The maximum Gasteiger partial charge on any atom is 0.191 e. The van der Waals surface area contributed by atoms with Gasteiger partial charge in [0.15, 0.2) is 5.96 Å². The predicted octanol–water partition coefficient (Wildman–Crippen LogP) is 2.36. The first-order chi connectivity index (χ1) is 11.3. The molecule has 0 saturated heterocycles. The van der Waals surface area contributed by atoms with Crippen LogP contribution in [0.5, 0.6) is 5.75 Å². The predicted molar refractivity (Wildman–Crippen MR) is 94.1 cm³/mol. The Morgan fingerprint density at radius 2 is 2.09 bits per heavy atom. The van der Waals surface area contributed by atoms with Crippen molar-refractivity contribution >= 4 is 5.96 Å². The fourth-order valence-corrected chi connectivity index (χ4v) is 2.99. The molecule has 0 fully saturated rings. The number of ether oxygens (including phenoxy) is 1. The van der Waals surface area contributed by atoms with Gasteiger partial charge in [-0.05, 0) is 56.2 Å². The van der Waals surface area contributed by atoms with Crippen molar-refractivity contribution in [2.75, 3.05) is 26.8 Å².